The standard InChI is InChI=1S/C22H27N5O2S/c1-14(2)18-10-5-6-11-19(18)24-20(28)13-30-22-26-25-21(27(22)23)16-8-7-9-17(12-16)29-15(3)4/h5-12,14-15H,13,23H2,1-4H3,(H,24,28). The van der Waals surface area contributed by atoms with Crippen molar-refractivity contribution < 1.29 is 9.53 Å². The quantitative estimate of drug-likeness (QED) is 0.413. The molecule has 3 rings (SSSR count). The third-order valence-electron chi connectivity index (χ3n) is 4.32. The van der Waals surface area contributed by atoms with Gasteiger partial charge in [-0.25, -0.2) is 4.68 Å². The number of thioether (sulfide) groups is 1. The van der Waals surface area contributed by atoms with E-state index in [0.29, 0.717) is 16.9 Å². The number of nitrogen functional groups attached to an aromatic ring is 1. The molecule has 1 aromatic heterocycles. The van der Waals surface area contributed by atoms with E-state index in [2.05, 4.69) is 29.4 Å². The largest absolute Gasteiger partial charge is 0.491 e. The second-order valence-corrected chi connectivity index (χ2v) is 8.39. The molecule has 0 aliphatic heterocycles. The molecule has 2 aromatic carbocycles. The van der Waals surface area contributed by atoms with Crippen LogP contribution in [0.4, 0.5) is 5.69 Å². The summed E-state index contributed by atoms with van der Waals surface area (Å²) in [6.07, 6.45) is 0.0708. The second kappa shape index (κ2) is 9.67. The van der Waals surface area contributed by atoms with E-state index in [1.165, 1.54) is 16.4 Å². The predicted molar refractivity (Wildman–Crippen MR) is 121 cm³/mol. The molecule has 158 valence electrons. The molecule has 3 aromatic rings. The maximum Gasteiger partial charge on any atom is 0.234 e. The van der Waals surface area contributed by atoms with E-state index in [1.54, 1.807) is 0 Å². The summed E-state index contributed by atoms with van der Waals surface area (Å²) in [5.41, 5.74) is 2.73. The van der Waals surface area contributed by atoms with Crippen LogP contribution in [0.1, 0.15) is 39.2 Å². The first-order chi connectivity index (χ1) is 14.3. The molecule has 3 N–H and O–H groups in total. The minimum absolute atomic E-state index is 0.0708. The highest BCUT2D eigenvalue weighted by Gasteiger charge is 2.15. The minimum atomic E-state index is -0.120. The summed E-state index contributed by atoms with van der Waals surface area (Å²) in [5.74, 6) is 7.82. The highest BCUT2D eigenvalue weighted by Crippen LogP contribution is 2.26. The number of para-hydroxylation sites is 1. The maximum atomic E-state index is 12.4. The van der Waals surface area contributed by atoms with Gasteiger partial charge in [-0.2, -0.15) is 0 Å². The minimum Gasteiger partial charge on any atom is -0.491 e. The lowest BCUT2D eigenvalue weighted by molar-refractivity contribution is -0.113. The monoisotopic (exact) mass is 425 g/mol. The Morgan fingerprint density at radius 3 is 2.63 bits per heavy atom. The number of benzene rings is 2. The number of carbonyl (C=O) groups is 1. The van der Waals surface area contributed by atoms with Gasteiger partial charge in [0.15, 0.2) is 5.82 Å². The molecule has 0 spiro atoms. The molecular formula is C22H27N5O2S. The van der Waals surface area contributed by atoms with Gasteiger partial charge in [0.25, 0.3) is 0 Å². The molecule has 0 atom stereocenters. The Hall–Kier alpha value is -3.00. The Labute approximate surface area is 181 Å². The van der Waals surface area contributed by atoms with Gasteiger partial charge in [-0.15, -0.1) is 10.2 Å². The van der Waals surface area contributed by atoms with Crippen LogP contribution in [0.25, 0.3) is 11.4 Å². The Balaban J connectivity index is 1.67. The van der Waals surface area contributed by atoms with E-state index in [-0.39, 0.29) is 17.8 Å². The van der Waals surface area contributed by atoms with Crippen LogP contribution in [-0.4, -0.2) is 32.6 Å². The van der Waals surface area contributed by atoms with Gasteiger partial charge in [-0.05, 0) is 43.5 Å². The number of carbonyl (C=O) groups excluding carboxylic acids is 1. The molecule has 0 aliphatic rings. The lowest BCUT2D eigenvalue weighted by Crippen LogP contribution is -2.17. The Kier molecular flexibility index (Phi) is 6.99. The third kappa shape index (κ3) is 5.33. The van der Waals surface area contributed by atoms with E-state index >= 15 is 0 Å². The Bertz CT molecular complexity index is 1020. The van der Waals surface area contributed by atoms with Gasteiger partial charge in [0.2, 0.25) is 11.1 Å². The number of hydrogen-bond acceptors (Lipinski definition) is 6. The number of anilines is 1. The van der Waals surface area contributed by atoms with Crippen LogP contribution in [0.3, 0.4) is 0 Å². The molecule has 1 amide bonds. The van der Waals surface area contributed by atoms with Crippen LogP contribution >= 0.6 is 11.8 Å². The third-order valence-corrected chi connectivity index (χ3v) is 5.26. The average molecular weight is 426 g/mol. The van der Waals surface area contributed by atoms with Gasteiger partial charge in [-0.3, -0.25) is 4.79 Å². The molecule has 1 heterocycles. The van der Waals surface area contributed by atoms with E-state index in [1.807, 2.05) is 62.4 Å². The van der Waals surface area contributed by atoms with Crippen LogP contribution in [0.5, 0.6) is 5.75 Å². The van der Waals surface area contributed by atoms with Crippen molar-refractivity contribution in [3.05, 3.63) is 54.1 Å². The van der Waals surface area contributed by atoms with Crippen molar-refractivity contribution in [2.45, 2.75) is 44.9 Å². The fraction of sp³-hybridized carbons (Fsp3) is 0.318. The van der Waals surface area contributed by atoms with Crippen LogP contribution in [0.15, 0.2) is 53.7 Å². The molecule has 8 heteroatoms. The van der Waals surface area contributed by atoms with Crippen LogP contribution < -0.4 is 15.9 Å². The fourth-order valence-corrected chi connectivity index (χ4v) is 3.64. The number of ether oxygens (including phenoxy) is 1. The van der Waals surface area contributed by atoms with Gasteiger partial charge < -0.3 is 15.9 Å². The zero-order valence-electron chi connectivity index (χ0n) is 17.6. The summed E-state index contributed by atoms with van der Waals surface area (Å²) in [7, 11) is 0. The summed E-state index contributed by atoms with van der Waals surface area (Å²) in [5, 5.41) is 11.8. The number of nitrogens with one attached hydrogen (secondary N) is 1. The Morgan fingerprint density at radius 1 is 1.13 bits per heavy atom. The van der Waals surface area contributed by atoms with Gasteiger partial charge in [0, 0.05) is 11.3 Å². The molecule has 7 nitrogen and oxygen atoms in total. The van der Waals surface area contributed by atoms with Crippen molar-refractivity contribution in [3.63, 3.8) is 0 Å². The maximum absolute atomic E-state index is 12.4. The highest BCUT2D eigenvalue weighted by molar-refractivity contribution is 7.99. The van der Waals surface area contributed by atoms with Crippen molar-refractivity contribution >= 4 is 23.4 Å². The molecular weight excluding hydrogens is 398 g/mol. The van der Waals surface area contributed by atoms with Gasteiger partial charge in [0.05, 0.1) is 11.9 Å². The summed E-state index contributed by atoms with van der Waals surface area (Å²) < 4.78 is 7.13. The predicted octanol–water partition coefficient (Wildman–Crippen LogP) is 4.30. The van der Waals surface area contributed by atoms with E-state index in [9.17, 15) is 4.79 Å². The molecule has 30 heavy (non-hydrogen) atoms. The van der Waals surface area contributed by atoms with Gasteiger partial charge in [-0.1, -0.05) is 55.9 Å². The van der Waals surface area contributed by atoms with Crippen molar-refractivity contribution in [3.8, 4) is 17.1 Å². The molecule has 0 aliphatic carbocycles. The topological polar surface area (TPSA) is 95.1 Å². The van der Waals surface area contributed by atoms with E-state index in [4.69, 9.17) is 10.6 Å². The van der Waals surface area contributed by atoms with Gasteiger partial charge in [0.1, 0.15) is 5.75 Å². The summed E-state index contributed by atoms with van der Waals surface area (Å²) >= 11 is 1.24. The molecule has 0 saturated heterocycles. The molecule has 0 fully saturated rings. The first-order valence-electron chi connectivity index (χ1n) is 9.84. The second-order valence-electron chi connectivity index (χ2n) is 7.45. The SMILES string of the molecule is CC(C)Oc1cccc(-c2nnc(SCC(=O)Nc3ccccc3C(C)C)n2N)c1. The van der Waals surface area contributed by atoms with Gasteiger partial charge >= 0.3 is 0 Å². The highest BCUT2D eigenvalue weighted by atomic mass is 32.2. The Morgan fingerprint density at radius 2 is 1.90 bits per heavy atom. The number of nitrogens with zero attached hydrogens (tertiary/aromatic N) is 3. The summed E-state index contributed by atoms with van der Waals surface area (Å²) in [6, 6.07) is 15.3. The molecule has 0 saturated carbocycles. The van der Waals surface area contributed by atoms with Crippen LogP contribution in [-0.2, 0) is 4.79 Å². The smallest absolute Gasteiger partial charge is 0.234 e. The first kappa shape index (κ1) is 21.7. The summed E-state index contributed by atoms with van der Waals surface area (Å²) in [4.78, 5) is 12.4. The van der Waals surface area contributed by atoms with Crippen molar-refractivity contribution in [1.82, 2.24) is 14.9 Å². The van der Waals surface area contributed by atoms with Crippen LogP contribution in [0.2, 0.25) is 0 Å². The molecule has 0 radical (unpaired) electrons. The average Bonchev–Trinajstić information content (AvgIpc) is 3.07. The number of amides is 1. The lowest BCUT2D eigenvalue weighted by Gasteiger charge is -2.13. The zero-order chi connectivity index (χ0) is 21.7. The lowest BCUT2D eigenvalue weighted by atomic mass is 10.0. The fourth-order valence-electron chi connectivity index (χ4n) is 2.98. The number of rotatable bonds is 8. The van der Waals surface area contributed by atoms with E-state index < -0.39 is 0 Å². The normalized spacial score (nSPS) is 11.1. The van der Waals surface area contributed by atoms with Crippen LogP contribution in [0, 0.1) is 0 Å². The number of hydrogen-bond donors (Lipinski definition) is 2. The zero-order valence-corrected chi connectivity index (χ0v) is 18.4. The number of nitrogens with two attached hydrogens (primary N) is 1. The number of aromatic nitrogens is 3. The molecule has 0 bridgehead atoms. The first-order valence-corrected chi connectivity index (χ1v) is 10.8. The summed E-state index contributed by atoms with van der Waals surface area (Å²) in [6.45, 7) is 8.13. The van der Waals surface area contributed by atoms with Crippen molar-refractivity contribution in [2.24, 2.45) is 0 Å². The van der Waals surface area contributed by atoms with Crippen molar-refractivity contribution in [2.75, 3.05) is 16.9 Å². The van der Waals surface area contributed by atoms with E-state index in [0.717, 1.165) is 22.6 Å². The molecule has 0 unspecified atom stereocenters. The van der Waals surface area contributed by atoms with Crippen molar-refractivity contribution in [1.29, 1.82) is 0 Å².